The van der Waals surface area contributed by atoms with Crippen molar-refractivity contribution in [2.75, 3.05) is 13.3 Å². The van der Waals surface area contributed by atoms with E-state index in [1.165, 1.54) is 13.3 Å². The monoisotopic (exact) mass is 319 g/mol. The first-order valence-electron chi connectivity index (χ1n) is 1.90. The predicted molar refractivity (Wildman–Crippen MR) is 31.9 cm³/mol. The van der Waals surface area contributed by atoms with Crippen LogP contribution in [0.5, 0.6) is 0 Å². The predicted octanol–water partition coefficient (Wildman–Crippen LogP) is -0.00950. The Morgan fingerprint density at radius 3 is 2.22 bits per heavy atom. The van der Waals surface area contributed by atoms with Gasteiger partial charge in [-0.3, -0.25) is 9.00 Å². The maximum Gasteiger partial charge on any atom is 0.162 e. The van der Waals surface area contributed by atoms with Gasteiger partial charge in [0.15, 0.2) is 6.03 Å². The molecule has 0 rings (SSSR count). The largest absolute Gasteiger partial charge is 0.434 e. The molecule has 2 amide bonds. The minimum Gasteiger partial charge on any atom is -0.434 e. The van der Waals surface area contributed by atoms with Gasteiger partial charge in [0, 0.05) is 38.3 Å². The Kier molecular flexibility index (Phi) is 8.21. The summed E-state index contributed by atoms with van der Waals surface area (Å²) in [5, 5.41) is 3.19. The number of nitrogens with zero attached hydrogens (tertiary/aromatic N) is 1. The number of carbonyl (C=O) groups excluding carboxylic acids is 1. The van der Waals surface area contributed by atoms with Gasteiger partial charge in [0.2, 0.25) is 0 Å². The van der Waals surface area contributed by atoms with Gasteiger partial charge in [0.1, 0.15) is 0 Å². The summed E-state index contributed by atoms with van der Waals surface area (Å²) < 4.78 is 12.2. The summed E-state index contributed by atoms with van der Waals surface area (Å²) in [6, 6.07) is -0.550. The van der Waals surface area contributed by atoms with Gasteiger partial charge in [-0.25, -0.2) is 0 Å². The summed E-state index contributed by atoms with van der Waals surface area (Å²) in [6.07, 6.45) is 1.36. The van der Waals surface area contributed by atoms with Crippen LogP contribution in [0.3, 0.4) is 0 Å². The van der Waals surface area contributed by atoms with Crippen LogP contribution in [0.1, 0.15) is 0 Å². The molecule has 0 saturated heterocycles. The molecule has 0 aliphatic heterocycles. The van der Waals surface area contributed by atoms with E-state index in [9.17, 15) is 9.00 Å². The Balaban J connectivity index is 0. The molecule has 0 radical (unpaired) electrons. The quantitative estimate of drug-likeness (QED) is 0.739. The van der Waals surface area contributed by atoms with Crippen LogP contribution in [0, 0.1) is 0 Å². The fourth-order valence-corrected chi connectivity index (χ4v) is 0.506. The molecule has 4 nitrogen and oxygen atoms in total. The van der Waals surface area contributed by atoms with Crippen LogP contribution in [-0.4, -0.2) is 23.5 Å². The molecule has 0 bridgehead atoms. The van der Waals surface area contributed by atoms with E-state index in [2.05, 4.69) is 10.0 Å². The van der Waals surface area contributed by atoms with Gasteiger partial charge >= 0.3 is 0 Å². The molecule has 0 aromatic carbocycles. The van der Waals surface area contributed by atoms with Crippen LogP contribution in [-0.2, 0) is 32.1 Å². The molecule has 0 fully saturated rings. The van der Waals surface area contributed by atoms with Crippen molar-refractivity contribution in [2.24, 2.45) is 0 Å². The molecule has 6 heteroatoms. The average Bonchev–Trinajstić information content (AvgIpc) is 1.65. The van der Waals surface area contributed by atoms with Crippen molar-refractivity contribution in [1.29, 1.82) is 0 Å². The standard InChI is InChI=1S/C3H8N2O2S.W/c1-4-3(6)5-8(2)7;/h1-2H3,(H2,4,5,6);/p-1. The van der Waals surface area contributed by atoms with Crippen molar-refractivity contribution >= 4 is 17.0 Å². The summed E-state index contributed by atoms with van der Waals surface area (Å²) in [6.45, 7) is 0. The molecule has 0 aromatic rings. The van der Waals surface area contributed by atoms with E-state index in [0.717, 1.165) is 0 Å². The Morgan fingerprint density at radius 1 is 1.67 bits per heavy atom. The Labute approximate surface area is 70.6 Å². The zero-order chi connectivity index (χ0) is 6.57. The van der Waals surface area contributed by atoms with E-state index in [4.69, 9.17) is 0 Å². The van der Waals surface area contributed by atoms with Gasteiger partial charge in [-0.1, -0.05) is 7.05 Å². The van der Waals surface area contributed by atoms with E-state index in [-0.39, 0.29) is 21.1 Å². The number of rotatable bonds is 1. The molecule has 54 valence electrons. The molecular weight excluding hydrogens is 312 g/mol. The number of urea groups is 1. The molecule has 0 aliphatic carbocycles. The van der Waals surface area contributed by atoms with Crippen molar-refractivity contribution < 1.29 is 30.1 Å². The molecule has 1 N–H and O–H groups in total. The van der Waals surface area contributed by atoms with Crippen molar-refractivity contribution in [3.8, 4) is 0 Å². The normalized spacial score (nSPS) is 10.9. The van der Waals surface area contributed by atoms with Crippen LogP contribution < -0.4 is 4.72 Å². The molecule has 0 saturated carbocycles. The van der Waals surface area contributed by atoms with Gasteiger partial charge in [0.05, 0.1) is 0 Å². The van der Waals surface area contributed by atoms with Gasteiger partial charge in [-0.2, -0.15) is 0 Å². The minimum absolute atomic E-state index is 0. The van der Waals surface area contributed by atoms with Crippen molar-refractivity contribution in [2.45, 2.75) is 0 Å². The molecular formula is C3H7N2O2SW-. The molecule has 0 spiro atoms. The fourth-order valence-electron chi connectivity index (χ4n) is 0.169. The minimum atomic E-state index is -1.29. The molecule has 0 aromatic heterocycles. The summed E-state index contributed by atoms with van der Waals surface area (Å²) in [5.74, 6) is 0. The SMILES string of the molecule is C[N-]C(=O)NS(C)=O.[W]. The molecule has 0 heterocycles. The second kappa shape index (κ2) is 6.23. The summed E-state index contributed by atoms with van der Waals surface area (Å²) in [4.78, 5) is 10.2. The Bertz CT molecular complexity index is 118. The molecule has 1 unspecified atom stereocenters. The second-order valence-corrected chi connectivity index (χ2v) is 2.20. The van der Waals surface area contributed by atoms with Crippen LogP contribution in [0.25, 0.3) is 5.32 Å². The van der Waals surface area contributed by atoms with E-state index >= 15 is 0 Å². The third-order valence-corrected chi connectivity index (χ3v) is 0.896. The maximum atomic E-state index is 10.2. The van der Waals surface area contributed by atoms with Crippen molar-refractivity contribution in [3.05, 3.63) is 5.32 Å². The second-order valence-electron chi connectivity index (χ2n) is 1.08. The first kappa shape index (κ1) is 11.9. The zero-order valence-corrected chi connectivity index (χ0v) is 8.83. The first-order valence-corrected chi connectivity index (χ1v) is 3.46. The Morgan fingerprint density at radius 2 is 2.11 bits per heavy atom. The van der Waals surface area contributed by atoms with Crippen molar-refractivity contribution in [1.82, 2.24) is 4.72 Å². The zero-order valence-electron chi connectivity index (χ0n) is 5.08. The molecule has 1 atom stereocenters. The number of hydrogen-bond acceptors (Lipinski definition) is 2. The van der Waals surface area contributed by atoms with Gasteiger partial charge < -0.3 is 10.0 Å². The number of hydrogen-bond donors (Lipinski definition) is 1. The van der Waals surface area contributed by atoms with Gasteiger partial charge in [-0.05, 0) is 0 Å². The molecule has 0 aliphatic rings. The number of carbonyl (C=O) groups is 1. The first-order chi connectivity index (χ1) is 3.66. The van der Waals surface area contributed by atoms with Gasteiger partial charge in [0.25, 0.3) is 0 Å². The van der Waals surface area contributed by atoms with Crippen LogP contribution in [0.2, 0.25) is 0 Å². The summed E-state index contributed by atoms with van der Waals surface area (Å²) in [7, 11) is 0.0467. The van der Waals surface area contributed by atoms with Crippen LogP contribution in [0.15, 0.2) is 0 Å². The fraction of sp³-hybridized carbons (Fsp3) is 0.667. The van der Waals surface area contributed by atoms with Crippen LogP contribution in [0.4, 0.5) is 4.79 Å². The number of amides is 2. The van der Waals surface area contributed by atoms with Crippen LogP contribution >= 0.6 is 0 Å². The number of nitrogens with one attached hydrogen (secondary N) is 1. The third kappa shape index (κ3) is 8.11. The van der Waals surface area contributed by atoms with E-state index in [0.29, 0.717) is 0 Å². The summed E-state index contributed by atoms with van der Waals surface area (Å²) >= 11 is 0. The third-order valence-electron chi connectivity index (χ3n) is 0.434. The van der Waals surface area contributed by atoms with E-state index in [1.54, 1.807) is 0 Å². The summed E-state index contributed by atoms with van der Waals surface area (Å²) in [5.41, 5.74) is 0. The molecule has 9 heavy (non-hydrogen) atoms. The van der Waals surface area contributed by atoms with Crippen molar-refractivity contribution in [3.63, 3.8) is 0 Å². The topological polar surface area (TPSA) is 60.3 Å². The van der Waals surface area contributed by atoms with E-state index in [1.807, 2.05) is 0 Å². The maximum absolute atomic E-state index is 10.2. The van der Waals surface area contributed by atoms with E-state index < -0.39 is 17.0 Å². The smallest absolute Gasteiger partial charge is 0.162 e. The average molecular weight is 319 g/mol. The van der Waals surface area contributed by atoms with Gasteiger partial charge in [-0.15, -0.1) is 0 Å². The Hall–Kier alpha value is 0.108.